The van der Waals surface area contributed by atoms with Crippen molar-refractivity contribution in [2.75, 3.05) is 6.54 Å². The molecule has 122 valence electrons. The molecule has 2 aromatic heterocycles. The molecule has 0 unspecified atom stereocenters. The second-order valence-corrected chi connectivity index (χ2v) is 6.68. The van der Waals surface area contributed by atoms with E-state index in [4.69, 9.17) is 0 Å². The monoisotopic (exact) mass is 337 g/mol. The fourth-order valence-electron chi connectivity index (χ4n) is 2.50. The van der Waals surface area contributed by atoms with Gasteiger partial charge in [0, 0.05) is 24.9 Å². The number of amides is 1. The molecule has 2 heterocycles. The molecule has 0 spiro atoms. The Kier molecular flexibility index (Phi) is 5.33. The van der Waals surface area contributed by atoms with E-state index in [1.165, 1.54) is 0 Å². The number of benzene rings is 1. The number of nitrogens with zero attached hydrogens (tertiary/aromatic N) is 2. The summed E-state index contributed by atoms with van der Waals surface area (Å²) in [6.07, 6.45) is 2.80. The summed E-state index contributed by atoms with van der Waals surface area (Å²) in [6.45, 7) is 2.55. The third kappa shape index (κ3) is 4.26. The lowest BCUT2D eigenvalue weighted by Gasteiger charge is -2.05. The summed E-state index contributed by atoms with van der Waals surface area (Å²) in [6, 6.07) is 15.9. The zero-order valence-corrected chi connectivity index (χ0v) is 14.3. The van der Waals surface area contributed by atoms with Gasteiger partial charge in [-0.1, -0.05) is 36.4 Å². The van der Waals surface area contributed by atoms with E-state index in [9.17, 15) is 4.79 Å². The van der Waals surface area contributed by atoms with E-state index in [-0.39, 0.29) is 5.91 Å². The Bertz CT molecular complexity index is 800. The fourth-order valence-corrected chi connectivity index (χ4v) is 3.44. The first-order chi connectivity index (χ1) is 11.7. The van der Waals surface area contributed by atoms with Gasteiger partial charge in [-0.2, -0.15) is 0 Å². The summed E-state index contributed by atoms with van der Waals surface area (Å²) < 4.78 is 0. The Hall–Kier alpha value is -2.53. The third-order valence-corrected chi connectivity index (χ3v) is 4.66. The zero-order chi connectivity index (χ0) is 16.8. The molecular formula is C19H19N3OS. The van der Waals surface area contributed by atoms with Crippen LogP contribution in [-0.2, 0) is 17.6 Å². The summed E-state index contributed by atoms with van der Waals surface area (Å²) in [7, 11) is 0. The first kappa shape index (κ1) is 16.3. The fraction of sp³-hybridized carbons (Fsp3) is 0.211. The lowest BCUT2D eigenvalue weighted by Crippen LogP contribution is -2.27. The van der Waals surface area contributed by atoms with Crippen LogP contribution in [0.1, 0.15) is 16.4 Å². The number of pyridine rings is 1. The Morgan fingerprint density at radius 1 is 1.12 bits per heavy atom. The maximum Gasteiger partial charge on any atom is 0.226 e. The van der Waals surface area contributed by atoms with Gasteiger partial charge in [0.25, 0.3) is 0 Å². The van der Waals surface area contributed by atoms with Crippen LogP contribution < -0.4 is 5.32 Å². The van der Waals surface area contributed by atoms with Gasteiger partial charge in [0.05, 0.1) is 22.0 Å². The lowest BCUT2D eigenvalue weighted by atomic mass is 10.1. The van der Waals surface area contributed by atoms with Crippen molar-refractivity contribution in [3.05, 3.63) is 71.1 Å². The van der Waals surface area contributed by atoms with Crippen molar-refractivity contribution in [3.8, 4) is 10.4 Å². The Morgan fingerprint density at radius 3 is 2.67 bits per heavy atom. The quantitative estimate of drug-likeness (QED) is 0.750. The number of nitrogens with one attached hydrogen (secondary N) is 1. The number of hydrogen-bond acceptors (Lipinski definition) is 4. The first-order valence-corrected chi connectivity index (χ1v) is 8.72. The minimum atomic E-state index is -0.00610. The van der Waals surface area contributed by atoms with Crippen molar-refractivity contribution in [2.24, 2.45) is 0 Å². The van der Waals surface area contributed by atoms with Crippen LogP contribution in [0.25, 0.3) is 10.4 Å². The van der Waals surface area contributed by atoms with Crippen LogP contribution in [-0.4, -0.2) is 22.4 Å². The van der Waals surface area contributed by atoms with E-state index in [0.717, 1.165) is 33.3 Å². The lowest BCUT2D eigenvalue weighted by molar-refractivity contribution is -0.120. The van der Waals surface area contributed by atoms with E-state index in [1.807, 2.05) is 43.3 Å². The van der Waals surface area contributed by atoms with Crippen LogP contribution >= 0.6 is 11.3 Å². The van der Waals surface area contributed by atoms with Gasteiger partial charge in [0.15, 0.2) is 0 Å². The van der Waals surface area contributed by atoms with E-state index in [1.54, 1.807) is 17.5 Å². The number of rotatable bonds is 6. The minimum Gasteiger partial charge on any atom is -0.355 e. The molecule has 4 nitrogen and oxygen atoms in total. The summed E-state index contributed by atoms with van der Waals surface area (Å²) in [5.41, 5.74) is 2.94. The normalized spacial score (nSPS) is 10.5. The van der Waals surface area contributed by atoms with Crippen LogP contribution in [0.5, 0.6) is 0 Å². The molecule has 0 saturated carbocycles. The average molecular weight is 337 g/mol. The van der Waals surface area contributed by atoms with Crippen molar-refractivity contribution in [2.45, 2.75) is 19.8 Å². The van der Waals surface area contributed by atoms with Crippen molar-refractivity contribution in [3.63, 3.8) is 0 Å². The molecule has 0 aliphatic rings. The van der Waals surface area contributed by atoms with Crippen LogP contribution in [0.15, 0.2) is 54.7 Å². The molecule has 3 rings (SSSR count). The number of thiazole rings is 1. The van der Waals surface area contributed by atoms with Crippen molar-refractivity contribution in [1.82, 2.24) is 15.3 Å². The van der Waals surface area contributed by atoms with Crippen LogP contribution in [0.4, 0.5) is 0 Å². The van der Waals surface area contributed by atoms with Crippen LogP contribution in [0.2, 0.25) is 0 Å². The molecule has 3 aromatic rings. The van der Waals surface area contributed by atoms with E-state index in [0.29, 0.717) is 13.0 Å². The molecule has 1 N–H and O–H groups in total. The molecule has 0 atom stereocenters. The SMILES string of the molecule is Cc1nc(CC(=O)NCCc2ccccn2)c(-c2ccccc2)s1. The number of aromatic nitrogens is 2. The number of carbonyl (C=O) groups excluding carboxylic acids is 1. The molecule has 5 heteroatoms. The topological polar surface area (TPSA) is 54.9 Å². The van der Waals surface area contributed by atoms with Crippen molar-refractivity contribution >= 4 is 17.2 Å². The zero-order valence-electron chi connectivity index (χ0n) is 13.5. The van der Waals surface area contributed by atoms with E-state index >= 15 is 0 Å². The average Bonchev–Trinajstić information content (AvgIpc) is 2.97. The van der Waals surface area contributed by atoms with Gasteiger partial charge >= 0.3 is 0 Å². The largest absolute Gasteiger partial charge is 0.355 e. The summed E-state index contributed by atoms with van der Waals surface area (Å²) in [5, 5.41) is 3.93. The van der Waals surface area contributed by atoms with Crippen LogP contribution in [0, 0.1) is 6.92 Å². The molecule has 0 aliphatic heterocycles. The maximum atomic E-state index is 12.2. The second-order valence-electron chi connectivity index (χ2n) is 5.47. The number of hydrogen-bond donors (Lipinski definition) is 1. The highest BCUT2D eigenvalue weighted by Gasteiger charge is 2.14. The van der Waals surface area contributed by atoms with Gasteiger partial charge in [-0.05, 0) is 24.6 Å². The van der Waals surface area contributed by atoms with Gasteiger partial charge in [-0.25, -0.2) is 4.98 Å². The van der Waals surface area contributed by atoms with Gasteiger partial charge < -0.3 is 5.32 Å². The highest BCUT2D eigenvalue weighted by atomic mass is 32.1. The van der Waals surface area contributed by atoms with Crippen molar-refractivity contribution < 1.29 is 4.79 Å². The molecule has 0 radical (unpaired) electrons. The summed E-state index contributed by atoms with van der Waals surface area (Å²) in [5.74, 6) is -0.00610. The molecule has 1 amide bonds. The van der Waals surface area contributed by atoms with Crippen molar-refractivity contribution in [1.29, 1.82) is 0 Å². The van der Waals surface area contributed by atoms with E-state index < -0.39 is 0 Å². The maximum absolute atomic E-state index is 12.2. The smallest absolute Gasteiger partial charge is 0.226 e. The van der Waals surface area contributed by atoms with Gasteiger partial charge in [-0.15, -0.1) is 11.3 Å². The molecule has 1 aromatic carbocycles. The van der Waals surface area contributed by atoms with Crippen LogP contribution in [0.3, 0.4) is 0 Å². The first-order valence-electron chi connectivity index (χ1n) is 7.90. The summed E-state index contributed by atoms with van der Waals surface area (Å²) in [4.78, 5) is 22.1. The van der Waals surface area contributed by atoms with Gasteiger partial charge in [0.1, 0.15) is 0 Å². The summed E-state index contributed by atoms with van der Waals surface area (Å²) >= 11 is 1.63. The standard InChI is InChI=1S/C19H19N3OS/c1-14-22-17(19(24-14)15-7-3-2-4-8-15)13-18(23)21-12-10-16-9-5-6-11-20-16/h2-9,11H,10,12-13H2,1H3,(H,21,23). The second kappa shape index (κ2) is 7.84. The predicted octanol–water partition coefficient (Wildman–Crippen LogP) is 3.41. The van der Waals surface area contributed by atoms with Gasteiger partial charge in [0.2, 0.25) is 5.91 Å². The third-order valence-electron chi connectivity index (χ3n) is 3.60. The molecule has 0 fully saturated rings. The van der Waals surface area contributed by atoms with E-state index in [2.05, 4.69) is 27.4 Å². The molecular weight excluding hydrogens is 318 g/mol. The predicted molar refractivity (Wildman–Crippen MR) is 96.9 cm³/mol. The Morgan fingerprint density at radius 2 is 1.92 bits per heavy atom. The Labute approximate surface area is 145 Å². The highest BCUT2D eigenvalue weighted by molar-refractivity contribution is 7.15. The molecule has 0 aliphatic carbocycles. The molecule has 0 bridgehead atoms. The minimum absolute atomic E-state index is 0.00610. The molecule has 0 saturated heterocycles. The molecule has 24 heavy (non-hydrogen) atoms. The van der Waals surface area contributed by atoms with Gasteiger partial charge in [-0.3, -0.25) is 9.78 Å². The number of carbonyl (C=O) groups is 1. The highest BCUT2D eigenvalue weighted by Crippen LogP contribution is 2.30. The number of aryl methyl sites for hydroxylation is 1. The Balaban J connectivity index is 1.61.